The summed E-state index contributed by atoms with van der Waals surface area (Å²) in [5.41, 5.74) is 0.122. The quantitative estimate of drug-likeness (QED) is 0.479. The van der Waals surface area contributed by atoms with Crippen LogP contribution in [0.1, 0.15) is 40.0 Å². The lowest BCUT2D eigenvalue weighted by molar-refractivity contribution is 0.290. The highest BCUT2D eigenvalue weighted by Gasteiger charge is 2.50. The van der Waals surface area contributed by atoms with Crippen LogP contribution < -0.4 is 0 Å². The highest BCUT2D eigenvalue weighted by Crippen LogP contribution is 2.41. The fraction of sp³-hybridized carbons (Fsp3) is 1.00. The maximum atomic E-state index is 5.70. The summed E-state index contributed by atoms with van der Waals surface area (Å²) in [5.74, 6) is 1.46. The van der Waals surface area contributed by atoms with Crippen LogP contribution in [0.25, 0.3) is 0 Å². The minimum atomic E-state index is 0.122. The smallest absolute Gasteiger partial charge is 0.101 e. The molecule has 0 unspecified atom stereocenters. The Morgan fingerprint density at radius 2 is 2.17 bits per heavy atom. The maximum Gasteiger partial charge on any atom is 0.101 e. The summed E-state index contributed by atoms with van der Waals surface area (Å²) in [5, 5.41) is 0. The first-order chi connectivity index (χ1) is 5.58. The molecule has 0 saturated carbocycles. The Morgan fingerprint density at radius 1 is 1.50 bits per heavy atom. The fourth-order valence-electron chi connectivity index (χ4n) is 1.57. The Labute approximate surface area is 80.4 Å². The van der Waals surface area contributed by atoms with Gasteiger partial charge in [0.05, 0.1) is 11.5 Å². The molecule has 0 radical (unpaired) electrons. The van der Waals surface area contributed by atoms with Crippen LogP contribution in [-0.2, 0) is 4.74 Å². The molecule has 2 atom stereocenters. The third kappa shape index (κ3) is 2.63. The summed E-state index contributed by atoms with van der Waals surface area (Å²) in [4.78, 5) is 0. The minimum Gasteiger partial charge on any atom is -0.365 e. The van der Waals surface area contributed by atoms with Crippen molar-refractivity contribution in [2.75, 3.05) is 5.88 Å². The molecular weight excluding hydrogens is 172 g/mol. The Kier molecular flexibility index (Phi) is 3.42. The van der Waals surface area contributed by atoms with Gasteiger partial charge in [-0.3, -0.25) is 0 Å². The number of hydrogen-bond acceptors (Lipinski definition) is 1. The van der Waals surface area contributed by atoms with E-state index in [1.54, 1.807) is 0 Å². The van der Waals surface area contributed by atoms with Crippen molar-refractivity contribution in [2.45, 2.75) is 51.7 Å². The molecule has 0 N–H and O–H groups in total. The second-order valence-electron chi connectivity index (χ2n) is 4.36. The lowest BCUT2D eigenvalue weighted by Gasteiger charge is -2.07. The topological polar surface area (TPSA) is 12.5 Å². The van der Waals surface area contributed by atoms with Gasteiger partial charge in [0.1, 0.15) is 6.10 Å². The molecule has 0 aromatic rings. The monoisotopic (exact) mass is 190 g/mol. The third-order valence-electron chi connectivity index (χ3n) is 2.63. The molecule has 1 fully saturated rings. The first-order valence-corrected chi connectivity index (χ1v) is 5.36. The van der Waals surface area contributed by atoms with Gasteiger partial charge >= 0.3 is 0 Å². The number of halogens is 1. The van der Waals surface area contributed by atoms with Gasteiger partial charge in [0.25, 0.3) is 0 Å². The Morgan fingerprint density at radius 3 is 2.58 bits per heavy atom. The summed E-state index contributed by atoms with van der Waals surface area (Å²) < 4.78 is 5.50. The van der Waals surface area contributed by atoms with Gasteiger partial charge in [0.15, 0.2) is 0 Å². The van der Waals surface area contributed by atoms with Crippen LogP contribution in [0.2, 0.25) is 0 Å². The largest absolute Gasteiger partial charge is 0.365 e. The van der Waals surface area contributed by atoms with Crippen molar-refractivity contribution in [1.29, 1.82) is 0 Å². The molecule has 12 heavy (non-hydrogen) atoms. The van der Waals surface area contributed by atoms with E-state index >= 15 is 0 Å². The predicted octanol–water partition coefficient (Wildman–Crippen LogP) is 3.21. The van der Waals surface area contributed by atoms with Crippen LogP contribution >= 0.6 is 11.6 Å². The van der Waals surface area contributed by atoms with E-state index in [1.807, 2.05) is 0 Å². The van der Waals surface area contributed by atoms with E-state index in [2.05, 4.69) is 20.8 Å². The molecule has 1 heterocycles. The van der Waals surface area contributed by atoms with Gasteiger partial charge in [-0.1, -0.05) is 26.7 Å². The molecule has 1 saturated heterocycles. The molecule has 0 aliphatic carbocycles. The highest BCUT2D eigenvalue weighted by atomic mass is 35.5. The minimum absolute atomic E-state index is 0.122. The third-order valence-corrected chi connectivity index (χ3v) is 2.91. The molecule has 1 rings (SSSR count). The molecule has 0 spiro atoms. The van der Waals surface area contributed by atoms with Gasteiger partial charge in [0.2, 0.25) is 0 Å². The second kappa shape index (κ2) is 3.97. The van der Waals surface area contributed by atoms with Crippen LogP contribution in [0.4, 0.5) is 0 Å². The maximum absolute atomic E-state index is 5.70. The average Bonchev–Trinajstić information content (AvgIpc) is 2.61. The fourth-order valence-corrected chi connectivity index (χ4v) is 1.96. The van der Waals surface area contributed by atoms with E-state index in [-0.39, 0.29) is 5.60 Å². The van der Waals surface area contributed by atoms with Gasteiger partial charge in [-0.2, -0.15) is 0 Å². The van der Waals surface area contributed by atoms with Crippen molar-refractivity contribution in [1.82, 2.24) is 0 Å². The lowest BCUT2D eigenvalue weighted by atomic mass is 9.97. The molecule has 1 aliphatic rings. The number of hydrogen-bond donors (Lipinski definition) is 0. The molecule has 2 heteroatoms. The molecule has 0 aromatic carbocycles. The lowest BCUT2D eigenvalue weighted by Crippen LogP contribution is -2.10. The summed E-state index contributed by atoms with van der Waals surface area (Å²) in [6, 6.07) is 0. The van der Waals surface area contributed by atoms with Gasteiger partial charge in [0, 0.05) is 0 Å². The molecule has 1 nitrogen and oxygen atoms in total. The summed E-state index contributed by atoms with van der Waals surface area (Å²) in [6.45, 7) is 6.69. The van der Waals surface area contributed by atoms with Crippen LogP contribution in [0.15, 0.2) is 0 Å². The van der Waals surface area contributed by atoms with E-state index in [0.29, 0.717) is 12.0 Å². The first-order valence-electron chi connectivity index (χ1n) is 4.82. The number of ether oxygens (including phenoxy) is 1. The molecule has 0 amide bonds. The predicted molar refractivity (Wildman–Crippen MR) is 52.7 cm³/mol. The zero-order valence-corrected chi connectivity index (χ0v) is 9.03. The molecular formula is C10H19ClO. The standard InChI is InChI=1S/C10H19ClO/c1-8(2)5-4-6-10(3)9(7-11)12-10/h8-9H,4-7H2,1-3H3/t9-,10-/m0/s1. The molecule has 0 bridgehead atoms. The van der Waals surface area contributed by atoms with Gasteiger partial charge in [-0.05, 0) is 19.3 Å². The molecule has 72 valence electrons. The van der Waals surface area contributed by atoms with Crippen molar-refractivity contribution in [3.63, 3.8) is 0 Å². The van der Waals surface area contributed by atoms with Crippen molar-refractivity contribution in [3.8, 4) is 0 Å². The first kappa shape index (κ1) is 10.3. The normalized spacial score (nSPS) is 34.2. The van der Waals surface area contributed by atoms with Gasteiger partial charge < -0.3 is 4.74 Å². The van der Waals surface area contributed by atoms with Crippen LogP contribution in [0.3, 0.4) is 0 Å². The van der Waals surface area contributed by atoms with Crippen LogP contribution in [0.5, 0.6) is 0 Å². The van der Waals surface area contributed by atoms with E-state index in [9.17, 15) is 0 Å². The zero-order valence-electron chi connectivity index (χ0n) is 8.27. The second-order valence-corrected chi connectivity index (χ2v) is 4.67. The summed E-state index contributed by atoms with van der Waals surface area (Å²) >= 11 is 5.70. The van der Waals surface area contributed by atoms with Crippen LogP contribution in [0, 0.1) is 5.92 Å². The molecule has 1 aliphatic heterocycles. The van der Waals surface area contributed by atoms with E-state index in [1.165, 1.54) is 19.3 Å². The summed E-state index contributed by atoms with van der Waals surface area (Å²) in [7, 11) is 0. The number of alkyl halides is 1. The van der Waals surface area contributed by atoms with Crippen molar-refractivity contribution < 1.29 is 4.74 Å². The van der Waals surface area contributed by atoms with Crippen molar-refractivity contribution in [3.05, 3.63) is 0 Å². The van der Waals surface area contributed by atoms with E-state index < -0.39 is 0 Å². The van der Waals surface area contributed by atoms with Gasteiger partial charge in [-0.25, -0.2) is 0 Å². The van der Waals surface area contributed by atoms with Gasteiger partial charge in [-0.15, -0.1) is 11.6 Å². The Balaban J connectivity index is 2.08. The number of rotatable bonds is 5. The average molecular weight is 191 g/mol. The van der Waals surface area contributed by atoms with Crippen LogP contribution in [-0.4, -0.2) is 17.6 Å². The van der Waals surface area contributed by atoms with E-state index in [4.69, 9.17) is 16.3 Å². The SMILES string of the molecule is CC(C)CCC[C@]1(C)O[C@H]1CCl. The molecule has 0 aromatic heterocycles. The zero-order chi connectivity index (χ0) is 9.19. The Bertz CT molecular complexity index is 147. The van der Waals surface area contributed by atoms with E-state index in [0.717, 1.165) is 5.92 Å². The van der Waals surface area contributed by atoms with Crippen molar-refractivity contribution in [2.24, 2.45) is 5.92 Å². The Hall–Kier alpha value is 0.250. The highest BCUT2D eigenvalue weighted by molar-refractivity contribution is 6.18. The van der Waals surface area contributed by atoms with Crippen molar-refractivity contribution >= 4 is 11.6 Å². The summed E-state index contributed by atoms with van der Waals surface area (Å²) in [6.07, 6.45) is 4.06. The number of epoxide rings is 1.